The number of nitrogens with one attached hydrogen (secondary N) is 2. The van der Waals surface area contributed by atoms with Crippen molar-refractivity contribution in [3.8, 4) is 0 Å². The Morgan fingerprint density at radius 2 is 1.92 bits per heavy atom. The lowest BCUT2D eigenvalue weighted by Gasteiger charge is -2.10. The number of amides is 1. The average molecular weight is 328 g/mol. The summed E-state index contributed by atoms with van der Waals surface area (Å²) >= 11 is 0. The first kappa shape index (κ1) is 16.6. The fourth-order valence-electron chi connectivity index (χ4n) is 2.93. The highest BCUT2D eigenvalue weighted by molar-refractivity contribution is 5.94. The van der Waals surface area contributed by atoms with Gasteiger partial charge in [0, 0.05) is 17.7 Å². The summed E-state index contributed by atoms with van der Waals surface area (Å²) in [7, 11) is 0. The molecular formula is C19H21FN2O2. The van der Waals surface area contributed by atoms with E-state index in [-0.39, 0.29) is 24.6 Å². The molecule has 5 heteroatoms. The van der Waals surface area contributed by atoms with Crippen LogP contribution in [0, 0.1) is 5.82 Å². The Labute approximate surface area is 140 Å². The zero-order valence-electron chi connectivity index (χ0n) is 13.4. The Kier molecular flexibility index (Phi) is 5.23. The van der Waals surface area contributed by atoms with Crippen LogP contribution in [0.2, 0.25) is 0 Å². The van der Waals surface area contributed by atoms with Crippen molar-refractivity contribution in [2.75, 3.05) is 13.1 Å². The molecule has 0 saturated carbocycles. The fourth-order valence-corrected chi connectivity index (χ4v) is 2.93. The van der Waals surface area contributed by atoms with Gasteiger partial charge in [-0.25, -0.2) is 4.39 Å². The number of fused-ring (bicyclic) bond motifs is 1. The molecule has 3 rings (SSSR count). The second-order valence-electron chi connectivity index (χ2n) is 6.00. The van der Waals surface area contributed by atoms with Crippen molar-refractivity contribution in [2.24, 2.45) is 0 Å². The lowest BCUT2D eigenvalue weighted by molar-refractivity contribution is 0.0950. The van der Waals surface area contributed by atoms with Crippen LogP contribution in [0.5, 0.6) is 0 Å². The van der Waals surface area contributed by atoms with Crippen molar-refractivity contribution >= 4 is 5.91 Å². The molecule has 0 aromatic heterocycles. The summed E-state index contributed by atoms with van der Waals surface area (Å²) in [5.74, 6) is -0.622. The minimum absolute atomic E-state index is 0.165. The molecule has 0 aliphatic carbocycles. The SMILES string of the molecule is O=C(NCc1ccc(CO)c(F)c1)c1ccc2c(c1)CCNCC2. The Morgan fingerprint density at radius 1 is 1.12 bits per heavy atom. The van der Waals surface area contributed by atoms with Crippen molar-refractivity contribution in [3.05, 3.63) is 70.0 Å². The second-order valence-corrected chi connectivity index (χ2v) is 6.00. The Morgan fingerprint density at radius 3 is 2.67 bits per heavy atom. The maximum absolute atomic E-state index is 13.6. The lowest BCUT2D eigenvalue weighted by atomic mass is 10.00. The third kappa shape index (κ3) is 3.80. The van der Waals surface area contributed by atoms with E-state index >= 15 is 0 Å². The van der Waals surface area contributed by atoms with Gasteiger partial charge >= 0.3 is 0 Å². The number of aliphatic hydroxyl groups excluding tert-OH is 1. The van der Waals surface area contributed by atoms with Gasteiger partial charge in [0.25, 0.3) is 5.91 Å². The van der Waals surface area contributed by atoms with Gasteiger partial charge in [-0.3, -0.25) is 4.79 Å². The highest BCUT2D eigenvalue weighted by atomic mass is 19.1. The van der Waals surface area contributed by atoms with Crippen molar-refractivity contribution < 1.29 is 14.3 Å². The average Bonchev–Trinajstić information content (AvgIpc) is 2.84. The van der Waals surface area contributed by atoms with Gasteiger partial charge in [-0.1, -0.05) is 18.2 Å². The third-order valence-corrected chi connectivity index (χ3v) is 4.35. The number of halogens is 1. The van der Waals surface area contributed by atoms with Gasteiger partial charge < -0.3 is 15.7 Å². The molecule has 0 bridgehead atoms. The monoisotopic (exact) mass is 328 g/mol. The van der Waals surface area contributed by atoms with Gasteiger partial charge in [0.05, 0.1) is 6.61 Å². The smallest absolute Gasteiger partial charge is 0.251 e. The lowest BCUT2D eigenvalue weighted by Crippen LogP contribution is -2.23. The standard InChI is InChI=1S/C19H21FN2O2/c20-18-9-13(1-2-17(18)12-23)11-22-19(24)16-4-3-14-5-7-21-8-6-15(14)10-16/h1-4,9-10,21,23H,5-8,11-12H2,(H,22,24). The molecule has 2 aromatic carbocycles. The summed E-state index contributed by atoms with van der Waals surface area (Å²) in [5.41, 5.74) is 4.05. The van der Waals surface area contributed by atoms with Crippen LogP contribution < -0.4 is 10.6 Å². The molecule has 0 saturated heterocycles. The summed E-state index contributed by atoms with van der Waals surface area (Å²) in [4.78, 5) is 12.3. The van der Waals surface area contributed by atoms with E-state index < -0.39 is 5.82 Å². The Balaban J connectivity index is 1.67. The van der Waals surface area contributed by atoms with Crippen LogP contribution in [-0.4, -0.2) is 24.1 Å². The van der Waals surface area contributed by atoms with E-state index in [2.05, 4.69) is 10.6 Å². The molecule has 1 aliphatic heterocycles. The number of aliphatic hydroxyl groups is 1. The molecule has 0 unspecified atom stereocenters. The predicted molar refractivity (Wildman–Crippen MR) is 90.2 cm³/mol. The molecule has 0 atom stereocenters. The van der Waals surface area contributed by atoms with Crippen LogP contribution in [0.3, 0.4) is 0 Å². The van der Waals surface area contributed by atoms with Crippen molar-refractivity contribution in [1.82, 2.24) is 10.6 Å². The Hall–Kier alpha value is -2.24. The molecule has 4 nitrogen and oxygen atoms in total. The summed E-state index contributed by atoms with van der Waals surface area (Å²) < 4.78 is 13.6. The maximum Gasteiger partial charge on any atom is 0.251 e. The van der Waals surface area contributed by atoms with E-state index in [0.717, 1.165) is 25.9 Å². The zero-order chi connectivity index (χ0) is 16.9. The number of carbonyl (C=O) groups excluding carboxylic acids is 1. The van der Waals surface area contributed by atoms with Gasteiger partial charge in [0.15, 0.2) is 0 Å². The normalized spacial score (nSPS) is 13.9. The second kappa shape index (κ2) is 7.55. The molecule has 126 valence electrons. The van der Waals surface area contributed by atoms with Crippen LogP contribution in [-0.2, 0) is 26.0 Å². The van der Waals surface area contributed by atoms with Gasteiger partial charge in [-0.2, -0.15) is 0 Å². The van der Waals surface area contributed by atoms with E-state index in [1.165, 1.54) is 23.3 Å². The molecular weight excluding hydrogens is 307 g/mol. The molecule has 2 aromatic rings. The predicted octanol–water partition coefficient (Wildman–Crippen LogP) is 1.94. The summed E-state index contributed by atoms with van der Waals surface area (Å²) in [6.07, 6.45) is 1.90. The van der Waals surface area contributed by atoms with E-state index in [9.17, 15) is 9.18 Å². The first-order chi connectivity index (χ1) is 11.7. The number of hydrogen-bond donors (Lipinski definition) is 3. The molecule has 0 radical (unpaired) electrons. The van der Waals surface area contributed by atoms with Gasteiger partial charge in [0.2, 0.25) is 0 Å². The minimum atomic E-state index is -0.457. The molecule has 1 amide bonds. The number of carbonyl (C=O) groups is 1. The molecule has 24 heavy (non-hydrogen) atoms. The van der Waals surface area contributed by atoms with Crippen LogP contribution in [0.25, 0.3) is 0 Å². The van der Waals surface area contributed by atoms with E-state index in [1.807, 2.05) is 18.2 Å². The first-order valence-electron chi connectivity index (χ1n) is 8.16. The molecule has 0 fully saturated rings. The highest BCUT2D eigenvalue weighted by Crippen LogP contribution is 2.16. The van der Waals surface area contributed by atoms with Gasteiger partial charge in [0.1, 0.15) is 5.82 Å². The number of rotatable bonds is 4. The quantitative estimate of drug-likeness (QED) is 0.804. The maximum atomic E-state index is 13.6. The van der Waals surface area contributed by atoms with Crippen molar-refractivity contribution in [3.63, 3.8) is 0 Å². The van der Waals surface area contributed by atoms with E-state index in [1.54, 1.807) is 6.07 Å². The van der Waals surface area contributed by atoms with Crippen LogP contribution in [0.15, 0.2) is 36.4 Å². The van der Waals surface area contributed by atoms with Gasteiger partial charge in [-0.05, 0) is 60.8 Å². The van der Waals surface area contributed by atoms with Crippen molar-refractivity contribution in [2.45, 2.75) is 26.0 Å². The highest BCUT2D eigenvalue weighted by Gasteiger charge is 2.12. The summed E-state index contributed by atoms with van der Waals surface area (Å²) in [6.45, 7) is 1.81. The van der Waals surface area contributed by atoms with Crippen LogP contribution >= 0.6 is 0 Å². The fraction of sp³-hybridized carbons (Fsp3) is 0.316. The number of benzene rings is 2. The first-order valence-corrected chi connectivity index (χ1v) is 8.16. The van der Waals surface area contributed by atoms with E-state index in [4.69, 9.17) is 5.11 Å². The third-order valence-electron chi connectivity index (χ3n) is 4.35. The topological polar surface area (TPSA) is 61.4 Å². The zero-order valence-corrected chi connectivity index (χ0v) is 13.4. The molecule has 3 N–H and O–H groups in total. The largest absolute Gasteiger partial charge is 0.392 e. The van der Waals surface area contributed by atoms with Crippen LogP contribution in [0.1, 0.15) is 32.6 Å². The molecule has 1 heterocycles. The Bertz CT molecular complexity index is 746. The molecule has 0 spiro atoms. The molecule has 1 aliphatic rings. The minimum Gasteiger partial charge on any atom is -0.392 e. The van der Waals surface area contributed by atoms with Crippen molar-refractivity contribution in [1.29, 1.82) is 0 Å². The van der Waals surface area contributed by atoms with Crippen LogP contribution in [0.4, 0.5) is 4.39 Å². The van der Waals surface area contributed by atoms with Gasteiger partial charge in [-0.15, -0.1) is 0 Å². The van der Waals surface area contributed by atoms with E-state index in [0.29, 0.717) is 11.1 Å². The summed E-state index contributed by atoms with van der Waals surface area (Å²) in [5, 5.41) is 15.1. The summed E-state index contributed by atoms with van der Waals surface area (Å²) in [6, 6.07) is 10.4. The number of hydrogen-bond acceptors (Lipinski definition) is 3.